The predicted molar refractivity (Wildman–Crippen MR) is 131 cm³/mol. The fraction of sp³-hybridized carbons (Fsp3) is 0.435. The predicted octanol–water partition coefficient (Wildman–Crippen LogP) is 4.73. The molecule has 34 heavy (non-hydrogen) atoms. The second-order valence-corrected chi connectivity index (χ2v) is 10.8. The molecule has 7 nitrogen and oxygen atoms in total. The maximum atomic E-state index is 14.7. The Hall–Kier alpha value is -2.05. The number of nitrogens with one attached hydrogen (secondary N) is 1. The van der Waals surface area contributed by atoms with E-state index in [1.165, 1.54) is 22.9 Å². The number of anilines is 1. The average Bonchev–Trinajstić information content (AvgIpc) is 3.46. The van der Waals surface area contributed by atoms with E-state index in [0.717, 1.165) is 12.8 Å². The minimum atomic E-state index is -1.25. The van der Waals surface area contributed by atoms with Gasteiger partial charge in [0.25, 0.3) is 5.91 Å². The van der Waals surface area contributed by atoms with Gasteiger partial charge in [-0.3, -0.25) is 9.48 Å². The first kappa shape index (κ1) is 23.7. The first-order valence-electron chi connectivity index (χ1n) is 11.0. The van der Waals surface area contributed by atoms with Crippen LogP contribution in [0, 0.1) is 27.2 Å². The first-order valence-corrected chi connectivity index (χ1v) is 12.4. The lowest BCUT2D eigenvalue weighted by atomic mass is 9.90. The largest absolute Gasteiger partial charge is 0.383 e. The van der Waals surface area contributed by atoms with E-state index in [0.29, 0.717) is 29.9 Å². The lowest BCUT2D eigenvalue weighted by Gasteiger charge is -2.25. The second kappa shape index (κ2) is 8.56. The van der Waals surface area contributed by atoms with E-state index in [-0.39, 0.29) is 38.1 Å². The van der Waals surface area contributed by atoms with Gasteiger partial charge >= 0.3 is 0 Å². The van der Waals surface area contributed by atoms with Gasteiger partial charge in [-0.2, -0.15) is 5.10 Å². The summed E-state index contributed by atoms with van der Waals surface area (Å²) in [5.74, 6) is -0.926. The molecule has 2 unspecified atom stereocenters. The van der Waals surface area contributed by atoms with Gasteiger partial charge in [0.2, 0.25) is 0 Å². The van der Waals surface area contributed by atoms with Crippen LogP contribution in [-0.4, -0.2) is 30.3 Å². The van der Waals surface area contributed by atoms with Gasteiger partial charge < -0.3 is 15.0 Å². The van der Waals surface area contributed by atoms with E-state index in [1.807, 2.05) is 22.6 Å². The molecule has 1 aromatic carbocycles. The number of imidazole rings is 1. The van der Waals surface area contributed by atoms with Crippen LogP contribution in [0.15, 0.2) is 24.5 Å². The van der Waals surface area contributed by atoms with E-state index in [2.05, 4.69) is 15.4 Å². The number of aryl methyl sites for hydroxylation is 2. The highest BCUT2D eigenvalue weighted by molar-refractivity contribution is 14.1. The van der Waals surface area contributed by atoms with Gasteiger partial charge in [0, 0.05) is 25.7 Å². The average molecular weight is 602 g/mol. The van der Waals surface area contributed by atoms with Crippen LogP contribution in [0.1, 0.15) is 53.5 Å². The van der Waals surface area contributed by atoms with Crippen LogP contribution in [0.25, 0.3) is 0 Å². The number of carbonyl (C=O) groups excluding carboxylic acids is 1. The fourth-order valence-electron chi connectivity index (χ4n) is 5.84. The minimum absolute atomic E-state index is 0.0508. The van der Waals surface area contributed by atoms with E-state index < -0.39 is 17.2 Å². The van der Waals surface area contributed by atoms with Crippen LogP contribution in [0.3, 0.4) is 0 Å². The highest BCUT2D eigenvalue weighted by Gasteiger charge is 2.52. The van der Waals surface area contributed by atoms with E-state index >= 15 is 0 Å². The van der Waals surface area contributed by atoms with Crippen LogP contribution in [-0.2, 0) is 19.7 Å². The van der Waals surface area contributed by atoms with Gasteiger partial charge in [-0.15, -0.1) is 0 Å². The number of fused-ring (bicyclic) bond motifs is 1. The second-order valence-electron chi connectivity index (χ2n) is 9.38. The lowest BCUT2D eigenvalue weighted by molar-refractivity contribution is 0.0227. The Morgan fingerprint density at radius 3 is 2.53 bits per heavy atom. The summed E-state index contributed by atoms with van der Waals surface area (Å²) in [6.07, 6.45) is 4.01. The SMILES string of the molecule is Cn1cnc(C2CC3CC(O)(c4c(F)c(I)nn4C)CC3C2)c1C(=O)Nc1ccc(F)c(Cl)c1. The summed E-state index contributed by atoms with van der Waals surface area (Å²) in [5, 5.41) is 18.1. The number of hydrogen-bond donors (Lipinski definition) is 2. The molecule has 0 bridgehead atoms. The van der Waals surface area contributed by atoms with E-state index in [1.54, 1.807) is 25.0 Å². The Morgan fingerprint density at radius 1 is 1.26 bits per heavy atom. The summed E-state index contributed by atoms with van der Waals surface area (Å²) in [7, 11) is 3.41. The molecule has 2 aliphatic rings. The zero-order valence-corrected chi connectivity index (χ0v) is 21.4. The van der Waals surface area contributed by atoms with Crippen LogP contribution in [0.2, 0.25) is 5.02 Å². The standard InChI is InChI=1S/C23H23ClF2IN5O2/c1-31-10-28-18(19(31)22(33)29-14-3-4-16(25)15(24)7-14)11-5-12-8-23(34,9-13(12)6-11)20-17(26)21(27)30-32(20)2/h3-4,7,10-13,34H,5-6,8-9H2,1-2H3,(H,29,33). The third-order valence-electron chi connectivity index (χ3n) is 7.18. The summed E-state index contributed by atoms with van der Waals surface area (Å²) in [6, 6.07) is 4.02. The highest BCUT2D eigenvalue weighted by atomic mass is 127. The molecule has 2 fully saturated rings. The molecule has 180 valence electrons. The molecule has 2 heterocycles. The van der Waals surface area contributed by atoms with Crippen molar-refractivity contribution in [3.8, 4) is 0 Å². The highest BCUT2D eigenvalue weighted by Crippen LogP contribution is 2.57. The van der Waals surface area contributed by atoms with Gasteiger partial charge in [0.1, 0.15) is 22.8 Å². The van der Waals surface area contributed by atoms with Gasteiger partial charge in [0.15, 0.2) is 9.52 Å². The van der Waals surface area contributed by atoms with Crippen LogP contribution in [0.4, 0.5) is 14.5 Å². The molecule has 2 aliphatic carbocycles. The normalized spacial score (nSPS) is 26.1. The molecule has 0 radical (unpaired) electrons. The third kappa shape index (κ3) is 3.93. The number of aromatic nitrogens is 4. The fourth-order valence-corrected chi connectivity index (χ4v) is 6.60. The zero-order chi connectivity index (χ0) is 24.4. The van der Waals surface area contributed by atoms with Crippen molar-refractivity contribution in [2.75, 3.05) is 5.32 Å². The van der Waals surface area contributed by atoms with Crippen molar-refractivity contribution in [3.63, 3.8) is 0 Å². The van der Waals surface area contributed by atoms with E-state index in [4.69, 9.17) is 11.6 Å². The number of amides is 1. The van der Waals surface area contributed by atoms with Crippen LogP contribution < -0.4 is 5.32 Å². The van der Waals surface area contributed by atoms with Crippen LogP contribution in [0.5, 0.6) is 0 Å². The van der Waals surface area contributed by atoms with Crippen molar-refractivity contribution in [1.29, 1.82) is 0 Å². The molecular formula is C23H23ClF2IN5O2. The van der Waals surface area contributed by atoms with Crippen molar-refractivity contribution in [2.24, 2.45) is 25.9 Å². The quantitative estimate of drug-likeness (QED) is 0.424. The zero-order valence-electron chi connectivity index (χ0n) is 18.5. The molecule has 11 heteroatoms. The number of aliphatic hydroxyl groups is 1. The number of nitrogens with zero attached hydrogens (tertiary/aromatic N) is 4. The summed E-state index contributed by atoms with van der Waals surface area (Å²) in [5.41, 5.74) is 0.533. The minimum Gasteiger partial charge on any atom is -0.383 e. The van der Waals surface area contributed by atoms with Crippen molar-refractivity contribution in [3.05, 3.63) is 62.0 Å². The maximum absolute atomic E-state index is 14.7. The Kier molecular flexibility index (Phi) is 5.96. The molecule has 0 aliphatic heterocycles. The molecular weight excluding hydrogens is 579 g/mol. The van der Waals surface area contributed by atoms with Gasteiger partial charge in [0.05, 0.1) is 17.0 Å². The van der Waals surface area contributed by atoms with Gasteiger partial charge in [-0.05, 0) is 78.3 Å². The van der Waals surface area contributed by atoms with Crippen molar-refractivity contribution >= 4 is 45.8 Å². The van der Waals surface area contributed by atoms with Gasteiger partial charge in [-0.25, -0.2) is 13.8 Å². The number of rotatable bonds is 4. The monoisotopic (exact) mass is 601 g/mol. The topological polar surface area (TPSA) is 85.0 Å². The van der Waals surface area contributed by atoms with Crippen molar-refractivity contribution in [1.82, 2.24) is 19.3 Å². The number of benzene rings is 1. The smallest absolute Gasteiger partial charge is 0.274 e. The Bertz CT molecular complexity index is 1280. The molecule has 1 amide bonds. The molecule has 0 spiro atoms. The number of carbonyl (C=O) groups is 1. The first-order chi connectivity index (χ1) is 16.1. The summed E-state index contributed by atoms with van der Waals surface area (Å²) < 4.78 is 31.5. The Labute approximate surface area is 213 Å². The lowest BCUT2D eigenvalue weighted by Crippen LogP contribution is -2.27. The van der Waals surface area contributed by atoms with Crippen molar-refractivity contribution in [2.45, 2.75) is 37.2 Å². The molecule has 0 saturated heterocycles. The van der Waals surface area contributed by atoms with E-state index in [9.17, 15) is 18.7 Å². The van der Waals surface area contributed by atoms with Crippen molar-refractivity contribution < 1.29 is 18.7 Å². The number of hydrogen-bond acceptors (Lipinski definition) is 4. The Morgan fingerprint density at radius 2 is 1.94 bits per heavy atom. The molecule has 2 N–H and O–H groups in total. The molecule has 3 aromatic rings. The molecule has 2 aromatic heterocycles. The Balaban J connectivity index is 1.34. The number of halogens is 4. The third-order valence-corrected chi connectivity index (χ3v) is 8.16. The summed E-state index contributed by atoms with van der Waals surface area (Å²) in [6.45, 7) is 0. The molecule has 2 atom stereocenters. The maximum Gasteiger partial charge on any atom is 0.274 e. The van der Waals surface area contributed by atoms with Crippen LogP contribution >= 0.6 is 34.2 Å². The van der Waals surface area contributed by atoms with Gasteiger partial charge in [-0.1, -0.05) is 11.6 Å². The molecule has 2 saturated carbocycles. The summed E-state index contributed by atoms with van der Waals surface area (Å²) in [4.78, 5) is 17.6. The molecule has 5 rings (SSSR count). The summed E-state index contributed by atoms with van der Waals surface area (Å²) >= 11 is 7.68.